The molecular weight excluding hydrogens is 242 g/mol. The maximum Gasteiger partial charge on any atom is 0.271 e. The fourth-order valence-electron chi connectivity index (χ4n) is 1.13. The molecule has 0 bridgehead atoms. The summed E-state index contributed by atoms with van der Waals surface area (Å²) in [4.78, 5) is 19.6. The van der Waals surface area contributed by atoms with E-state index in [1.165, 1.54) is 6.20 Å². The summed E-state index contributed by atoms with van der Waals surface area (Å²) in [7, 11) is 0. The maximum atomic E-state index is 11.7. The SMILES string of the molecule is Cc1ncc(Cl)c(C(=O)NCC(O)C(C)C)n1. The van der Waals surface area contributed by atoms with Gasteiger partial charge in [0.2, 0.25) is 0 Å². The van der Waals surface area contributed by atoms with E-state index in [1.54, 1.807) is 6.92 Å². The van der Waals surface area contributed by atoms with Gasteiger partial charge in [0.1, 0.15) is 11.5 Å². The van der Waals surface area contributed by atoms with Gasteiger partial charge in [0, 0.05) is 6.54 Å². The summed E-state index contributed by atoms with van der Waals surface area (Å²) < 4.78 is 0. The fourth-order valence-corrected chi connectivity index (χ4v) is 1.31. The van der Waals surface area contributed by atoms with E-state index in [-0.39, 0.29) is 23.2 Å². The molecule has 1 rings (SSSR count). The van der Waals surface area contributed by atoms with Gasteiger partial charge in [-0.3, -0.25) is 4.79 Å². The van der Waals surface area contributed by atoms with Crippen LogP contribution in [-0.2, 0) is 0 Å². The lowest BCUT2D eigenvalue weighted by atomic mass is 10.1. The largest absolute Gasteiger partial charge is 0.391 e. The number of aliphatic hydroxyl groups is 1. The fraction of sp³-hybridized carbons (Fsp3) is 0.545. The van der Waals surface area contributed by atoms with Gasteiger partial charge in [-0.1, -0.05) is 25.4 Å². The summed E-state index contributed by atoms with van der Waals surface area (Å²) in [5.74, 6) is 0.155. The zero-order valence-electron chi connectivity index (χ0n) is 10.1. The van der Waals surface area contributed by atoms with E-state index in [2.05, 4.69) is 15.3 Å². The Labute approximate surface area is 105 Å². The normalized spacial score (nSPS) is 12.6. The lowest BCUT2D eigenvalue weighted by molar-refractivity contribution is 0.0867. The Hall–Kier alpha value is -1.20. The van der Waals surface area contributed by atoms with Crippen molar-refractivity contribution in [1.29, 1.82) is 0 Å². The van der Waals surface area contributed by atoms with Crippen LogP contribution in [0.4, 0.5) is 0 Å². The van der Waals surface area contributed by atoms with Gasteiger partial charge in [-0.25, -0.2) is 9.97 Å². The van der Waals surface area contributed by atoms with Crippen molar-refractivity contribution in [1.82, 2.24) is 15.3 Å². The van der Waals surface area contributed by atoms with Crippen LogP contribution in [0, 0.1) is 12.8 Å². The van der Waals surface area contributed by atoms with Gasteiger partial charge < -0.3 is 10.4 Å². The highest BCUT2D eigenvalue weighted by Gasteiger charge is 2.15. The van der Waals surface area contributed by atoms with Crippen LogP contribution in [-0.4, -0.2) is 33.6 Å². The predicted molar refractivity (Wildman–Crippen MR) is 65.0 cm³/mol. The monoisotopic (exact) mass is 257 g/mol. The molecule has 17 heavy (non-hydrogen) atoms. The van der Waals surface area contributed by atoms with E-state index >= 15 is 0 Å². The smallest absolute Gasteiger partial charge is 0.271 e. The predicted octanol–water partition coefficient (Wildman–Crippen LogP) is 1.19. The average molecular weight is 258 g/mol. The number of amides is 1. The Morgan fingerprint density at radius 1 is 1.59 bits per heavy atom. The molecule has 0 saturated heterocycles. The zero-order chi connectivity index (χ0) is 13.0. The van der Waals surface area contributed by atoms with Crippen molar-refractivity contribution in [2.75, 3.05) is 6.54 Å². The molecule has 6 heteroatoms. The van der Waals surface area contributed by atoms with Crippen LogP contribution in [0.1, 0.15) is 30.2 Å². The molecule has 0 saturated carbocycles. The van der Waals surface area contributed by atoms with Crippen LogP contribution in [0.15, 0.2) is 6.20 Å². The molecule has 0 aliphatic heterocycles. The number of rotatable bonds is 4. The number of aromatic nitrogens is 2. The summed E-state index contributed by atoms with van der Waals surface area (Å²) >= 11 is 5.82. The highest BCUT2D eigenvalue weighted by atomic mass is 35.5. The van der Waals surface area contributed by atoms with Gasteiger partial charge >= 0.3 is 0 Å². The molecule has 1 unspecified atom stereocenters. The second-order valence-corrected chi connectivity index (χ2v) is 4.54. The number of halogens is 1. The average Bonchev–Trinajstić information content (AvgIpc) is 2.28. The topological polar surface area (TPSA) is 75.1 Å². The first-order chi connectivity index (χ1) is 7.91. The van der Waals surface area contributed by atoms with Gasteiger partial charge in [-0.15, -0.1) is 0 Å². The van der Waals surface area contributed by atoms with Gasteiger partial charge in [-0.05, 0) is 12.8 Å². The summed E-state index contributed by atoms with van der Waals surface area (Å²) in [5.41, 5.74) is 0.134. The van der Waals surface area contributed by atoms with Gasteiger partial charge in [0.15, 0.2) is 0 Å². The molecular formula is C11H16ClN3O2. The quantitative estimate of drug-likeness (QED) is 0.850. The van der Waals surface area contributed by atoms with E-state index in [1.807, 2.05) is 13.8 Å². The number of nitrogens with one attached hydrogen (secondary N) is 1. The summed E-state index contributed by atoms with van der Waals surface area (Å²) in [6.45, 7) is 5.60. The minimum atomic E-state index is -0.583. The third-order valence-electron chi connectivity index (χ3n) is 2.32. The minimum Gasteiger partial charge on any atom is -0.391 e. The van der Waals surface area contributed by atoms with Crippen LogP contribution < -0.4 is 5.32 Å². The lowest BCUT2D eigenvalue weighted by Gasteiger charge is -2.15. The molecule has 0 fully saturated rings. The molecule has 0 aliphatic carbocycles. The van der Waals surface area contributed by atoms with Crippen LogP contribution in [0.25, 0.3) is 0 Å². The molecule has 1 atom stereocenters. The van der Waals surface area contributed by atoms with Crippen LogP contribution in [0.3, 0.4) is 0 Å². The Morgan fingerprint density at radius 2 is 2.24 bits per heavy atom. The van der Waals surface area contributed by atoms with Crippen molar-refractivity contribution < 1.29 is 9.90 Å². The molecule has 1 aromatic rings. The molecule has 0 spiro atoms. The number of nitrogens with zero attached hydrogens (tertiary/aromatic N) is 2. The van der Waals surface area contributed by atoms with Crippen molar-refractivity contribution in [3.63, 3.8) is 0 Å². The van der Waals surface area contributed by atoms with Crippen LogP contribution >= 0.6 is 11.6 Å². The second kappa shape index (κ2) is 5.93. The number of carbonyl (C=O) groups excluding carboxylic acids is 1. The first-order valence-electron chi connectivity index (χ1n) is 5.37. The number of aliphatic hydroxyl groups excluding tert-OH is 1. The third kappa shape index (κ3) is 3.94. The Kier molecular flexibility index (Phi) is 4.84. The lowest BCUT2D eigenvalue weighted by Crippen LogP contribution is -2.35. The van der Waals surface area contributed by atoms with Gasteiger partial charge in [0.05, 0.1) is 17.3 Å². The van der Waals surface area contributed by atoms with Gasteiger partial charge in [0.25, 0.3) is 5.91 Å². The highest BCUT2D eigenvalue weighted by Crippen LogP contribution is 2.11. The molecule has 0 radical (unpaired) electrons. The van der Waals surface area contributed by atoms with Crippen molar-refractivity contribution in [2.45, 2.75) is 26.9 Å². The molecule has 0 aromatic carbocycles. The highest BCUT2D eigenvalue weighted by molar-refractivity contribution is 6.33. The number of hydrogen-bond donors (Lipinski definition) is 2. The van der Waals surface area contributed by atoms with Crippen LogP contribution in [0.2, 0.25) is 5.02 Å². The number of hydrogen-bond acceptors (Lipinski definition) is 4. The minimum absolute atomic E-state index is 0.0814. The Balaban J connectivity index is 2.67. The Morgan fingerprint density at radius 3 is 2.82 bits per heavy atom. The zero-order valence-corrected chi connectivity index (χ0v) is 10.8. The summed E-state index contributed by atoms with van der Waals surface area (Å²) in [6, 6.07) is 0. The number of carbonyl (C=O) groups is 1. The maximum absolute atomic E-state index is 11.7. The molecule has 1 aromatic heterocycles. The second-order valence-electron chi connectivity index (χ2n) is 4.14. The van der Waals surface area contributed by atoms with E-state index < -0.39 is 12.0 Å². The summed E-state index contributed by atoms with van der Waals surface area (Å²) in [5, 5.41) is 12.4. The first-order valence-corrected chi connectivity index (χ1v) is 5.75. The van der Waals surface area contributed by atoms with E-state index in [9.17, 15) is 9.90 Å². The van der Waals surface area contributed by atoms with Gasteiger partial charge in [-0.2, -0.15) is 0 Å². The van der Waals surface area contributed by atoms with E-state index in [0.29, 0.717) is 5.82 Å². The standard InChI is InChI=1S/C11H16ClN3O2/c1-6(2)9(16)5-14-11(17)10-8(12)4-13-7(3)15-10/h4,6,9,16H,5H2,1-3H3,(H,14,17). The summed E-state index contributed by atoms with van der Waals surface area (Å²) in [6.07, 6.45) is 0.804. The number of aryl methyl sites for hydroxylation is 1. The third-order valence-corrected chi connectivity index (χ3v) is 2.60. The van der Waals surface area contributed by atoms with Crippen LogP contribution in [0.5, 0.6) is 0 Å². The van der Waals surface area contributed by atoms with Crippen molar-refractivity contribution in [3.8, 4) is 0 Å². The van der Waals surface area contributed by atoms with Crippen molar-refractivity contribution in [2.24, 2.45) is 5.92 Å². The molecule has 1 amide bonds. The first kappa shape index (κ1) is 13.9. The molecule has 5 nitrogen and oxygen atoms in total. The molecule has 1 heterocycles. The molecule has 2 N–H and O–H groups in total. The molecule has 94 valence electrons. The van der Waals surface area contributed by atoms with E-state index in [4.69, 9.17) is 11.6 Å². The van der Waals surface area contributed by atoms with Crippen molar-refractivity contribution in [3.05, 3.63) is 22.7 Å². The van der Waals surface area contributed by atoms with Crippen molar-refractivity contribution >= 4 is 17.5 Å². The molecule has 0 aliphatic rings. The van der Waals surface area contributed by atoms with E-state index in [0.717, 1.165) is 0 Å². The Bertz CT molecular complexity index is 410.